The first kappa shape index (κ1) is 16.0. The molecule has 0 radical (unpaired) electrons. The summed E-state index contributed by atoms with van der Waals surface area (Å²) in [4.78, 5) is 24.8. The fraction of sp³-hybridized carbons (Fsp3) is 0.100. The van der Waals surface area contributed by atoms with Crippen LogP contribution in [0.1, 0.15) is 27.1 Å². The van der Waals surface area contributed by atoms with E-state index in [4.69, 9.17) is 0 Å². The van der Waals surface area contributed by atoms with Gasteiger partial charge in [0, 0.05) is 23.1 Å². The smallest absolute Gasteiger partial charge is 0.198 e. The van der Waals surface area contributed by atoms with Crippen LogP contribution in [0.3, 0.4) is 0 Å². The molecule has 0 saturated carbocycles. The van der Waals surface area contributed by atoms with E-state index >= 15 is 0 Å². The third-order valence-corrected chi connectivity index (χ3v) is 3.97. The van der Waals surface area contributed by atoms with Gasteiger partial charge in [0.2, 0.25) is 0 Å². The van der Waals surface area contributed by atoms with Crippen LogP contribution in [0.4, 0.5) is 4.39 Å². The normalized spacial score (nSPS) is 19.7. The van der Waals surface area contributed by atoms with Crippen molar-refractivity contribution in [3.8, 4) is 0 Å². The molecule has 0 saturated heterocycles. The van der Waals surface area contributed by atoms with Gasteiger partial charge in [0.05, 0.1) is 0 Å². The van der Waals surface area contributed by atoms with Crippen molar-refractivity contribution in [2.24, 2.45) is 0 Å². The Morgan fingerprint density at radius 3 is 2.21 bits per heavy atom. The van der Waals surface area contributed by atoms with Gasteiger partial charge in [-0.15, -0.1) is 0 Å². The van der Waals surface area contributed by atoms with Crippen LogP contribution in [-0.4, -0.2) is 22.3 Å². The number of ketones is 2. The number of aliphatic hydroxyl groups is 1. The molecule has 0 amide bonds. The summed E-state index contributed by atoms with van der Waals surface area (Å²) in [6.07, 6.45) is 4.33. The zero-order valence-corrected chi connectivity index (χ0v) is 12.8. The lowest BCUT2D eigenvalue weighted by molar-refractivity contribution is 0.0532. The fourth-order valence-electron chi connectivity index (χ4n) is 2.57. The monoisotopic (exact) mass is 322 g/mol. The molecule has 3 nitrogen and oxygen atoms in total. The summed E-state index contributed by atoms with van der Waals surface area (Å²) in [7, 11) is 0. The van der Waals surface area contributed by atoms with Crippen LogP contribution < -0.4 is 0 Å². The van der Waals surface area contributed by atoms with Gasteiger partial charge >= 0.3 is 0 Å². The van der Waals surface area contributed by atoms with E-state index in [1.54, 1.807) is 30.3 Å². The zero-order chi connectivity index (χ0) is 17.2. The van der Waals surface area contributed by atoms with Gasteiger partial charge in [0.15, 0.2) is 11.6 Å². The molecule has 24 heavy (non-hydrogen) atoms. The van der Waals surface area contributed by atoms with Crippen LogP contribution in [0.5, 0.6) is 0 Å². The van der Waals surface area contributed by atoms with E-state index in [1.165, 1.54) is 36.4 Å². The molecule has 120 valence electrons. The highest BCUT2D eigenvalue weighted by Gasteiger charge is 2.35. The first-order chi connectivity index (χ1) is 11.5. The van der Waals surface area contributed by atoms with Crippen LogP contribution in [-0.2, 0) is 0 Å². The van der Waals surface area contributed by atoms with E-state index in [9.17, 15) is 19.1 Å². The van der Waals surface area contributed by atoms with Crippen molar-refractivity contribution < 1.29 is 19.1 Å². The fourth-order valence-corrected chi connectivity index (χ4v) is 2.57. The van der Waals surface area contributed by atoms with Gasteiger partial charge in [-0.2, -0.15) is 0 Å². The Balaban J connectivity index is 1.79. The highest BCUT2D eigenvalue weighted by atomic mass is 19.1. The molecule has 0 spiro atoms. The molecule has 0 fully saturated rings. The Labute approximate surface area is 138 Å². The summed E-state index contributed by atoms with van der Waals surface area (Å²) in [5, 5.41) is 10.5. The van der Waals surface area contributed by atoms with Gasteiger partial charge in [-0.25, -0.2) is 4.39 Å². The molecule has 0 bridgehead atoms. The average molecular weight is 322 g/mol. The standard InChI is InChI=1S/C20H15FO3/c21-17-8-6-16(7-9-17)19(23)20(24)12-10-15(11-13-20)18(22)14-4-2-1-3-5-14/h1-12,24H,13H2. The molecule has 3 rings (SSSR count). The minimum atomic E-state index is -1.72. The lowest BCUT2D eigenvalue weighted by Gasteiger charge is -2.25. The van der Waals surface area contributed by atoms with Crippen molar-refractivity contribution in [2.45, 2.75) is 12.0 Å². The Kier molecular flexibility index (Phi) is 4.23. The highest BCUT2D eigenvalue weighted by Crippen LogP contribution is 2.27. The van der Waals surface area contributed by atoms with Crippen molar-refractivity contribution in [3.05, 3.63) is 95.3 Å². The number of hydrogen-bond acceptors (Lipinski definition) is 3. The Morgan fingerprint density at radius 1 is 0.958 bits per heavy atom. The largest absolute Gasteiger partial charge is 0.377 e. The van der Waals surface area contributed by atoms with Gasteiger partial charge < -0.3 is 5.11 Å². The van der Waals surface area contributed by atoms with Gasteiger partial charge in [0.25, 0.3) is 0 Å². The number of hydrogen-bond donors (Lipinski definition) is 1. The van der Waals surface area contributed by atoms with Gasteiger partial charge in [-0.1, -0.05) is 42.5 Å². The molecular weight excluding hydrogens is 307 g/mol. The van der Waals surface area contributed by atoms with Gasteiger partial charge in [0.1, 0.15) is 11.4 Å². The number of allylic oxidation sites excluding steroid dienone is 2. The quantitative estimate of drug-likeness (QED) is 0.877. The molecule has 0 heterocycles. The molecule has 0 aliphatic heterocycles. The maximum atomic E-state index is 13.0. The third kappa shape index (κ3) is 3.09. The topological polar surface area (TPSA) is 54.4 Å². The lowest BCUT2D eigenvalue weighted by Crippen LogP contribution is -2.37. The number of rotatable bonds is 4. The van der Waals surface area contributed by atoms with Gasteiger partial charge in [-0.05, 0) is 30.3 Å². The van der Waals surface area contributed by atoms with E-state index in [-0.39, 0.29) is 17.8 Å². The van der Waals surface area contributed by atoms with Crippen LogP contribution in [0.2, 0.25) is 0 Å². The zero-order valence-electron chi connectivity index (χ0n) is 12.8. The third-order valence-electron chi connectivity index (χ3n) is 3.97. The summed E-state index contributed by atoms with van der Waals surface area (Å²) in [6.45, 7) is 0. The van der Waals surface area contributed by atoms with Crippen molar-refractivity contribution >= 4 is 11.6 Å². The molecule has 1 aliphatic rings. The van der Waals surface area contributed by atoms with Crippen molar-refractivity contribution in [2.75, 3.05) is 0 Å². The minimum absolute atomic E-state index is 0.00633. The second-order valence-electron chi connectivity index (χ2n) is 5.65. The summed E-state index contributed by atoms with van der Waals surface area (Å²) in [6, 6.07) is 13.8. The number of halogens is 1. The predicted molar refractivity (Wildman–Crippen MR) is 88.3 cm³/mol. The summed E-state index contributed by atoms with van der Waals surface area (Å²) in [5.74, 6) is -1.14. The number of carbonyl (C=O) groups is 2. The Bertz CT molecular complexity index is 835. The molecule has 0 aromatic heterocycles. The predicted octanol–water partition coefficient (Wildman–Crippen LogP) is 3.51. The average Bonchev–Trinajstić information content (AvgIpc) is 2.62. The number of Topliss-reactive ketones (excluding diaryl/α,β-unsaturated/α-hetero) is 2. The van der Waals surface area contributed by atoms with Crippen LogP contribution in [0, 0.1) is 5.82 Å². The second-order valence-corrected chi connectivity index (χ2v) is 5.65. The SMILES string of the molecule is O=C(C1=CCC(O)(C(=O)c2ccc(F)cc2)C=C1)c1ccccc1. The number of benzene rings is 2. The van der Waals surface area contributed by atoms with Crippen LogP contribution in [0.25, 0.3) is 0 Å². The maximum absolute atomic E-state index is 13.0. The molecule has 1 N–H and O–H groups in total. The van der Waals surface area contributed by atoms with E-state index in [0.717, 1.165) is 0 Å². The molecule has 4 heteroatoms. The lowest BCUT2D eigenvalue weighted by atomic mass is 9.84. The highest BCUT2D eigenvalue weighted by molar-refractivity contribution is 6.11. The number of carbonyl (C=O) groups excluding carboxylic acids is 2. The molecular formula is C20H15FO3. The first-order valence-corrected chi connectivity index (χ1v) is 7.51. The van der Waals surface area contributed by atoms with Crippen molar-refractivity contribution in [1.82, 2.24) is 0 Å². The molecule has 1 unspecified atom stereocenters. The van der Waals surface area contributed by atoms with Crippen molar-refractivity contribution in [3.63, 3.8) is 0 Å². The molecule has 1 atom stereocenters. The minimum Gasteiger partial charge on any atom is -0.377 e. The van der Waals surface area contributed by atoms with E-state index in [2.05, 4.69) is 0 Å². The van der Waals surface area contributed by atoms with Crippen LogP contribution >= 0.6 is 0 Å². The van der Waals surface area contributed by atoms with Gasteiger partial charge in [-0.3, -0.25) is 9.59 Å². The maximum Gasteiger partial charge on any atom is 0.198 e. The Hall–Kier alpha value is -2.85. The summed E-state index contributed by atoms with van der Waals surface area (Å²) < 4.78 is 13.0. The molecule has 1 aliphatic carbocycles. The summed E-state index contributed by atoms with van der Waals surface area (Å²) in [5.41, 5.74) is -0.533. The van der Waals surface area contributed by atoms with E-state index < -0.39 is 17.2 Å². The molecule has 2 aromatic carbocycles. The van der Waals surface area contributed by atoms with E-state index in [1.807, 2.05) is 6.07 Å². The van der Waals surface area contributed by atoms with Crippen molar-refractivity contribution in [1.29, 1.82) is 0 Å². The van der Waals surface area contributed by atoms with Crippen LogP contribution in [0.15, 0.2) is 78.4 Å². The first-order valence-electron chi connectivity index (χ1n) is 7.51. The summed E-state index contributed by atoms with van der Waals surface area (Å²) >= 11 is 0. The Morgan fingerprint density at radius 2 is 1.62 bits per heavy atom. The van der Waals surface area contributed by atoms with E-state index in [0.29, 0.717) is 11.1 Å². The molecule has 2 aromatic rings. The second kappa shape index (κ2) is 6.34.